The molecule has 2 N–H and O–H groups in total. The van der Waals surface area contributed by atoms with Gasteiger partial charge in [-0.05, 0) is 34.1 Å². The number of carbonyl (C=O) groups excluding carboxylic acids is 1. The van der Waals surface area contributed by atoms with Crippen molar-refractivity contribution in [3.8, 4) is 5.75 Å². The third kappa shape index (κ3) is 4.94. The number of halogens is 2. The van der Waals surface area contributed by atoms with Crippen LogP contribution in [0.2, 0.25) is 0 Å². The Morgan fingerprint density at radius 3 is 2.86 bits per heavy atom. The van der Waals surface area contributed by atoms with E-state index in [1.807, 2.05) is 0 Å². The summed E-state index contributed by atoms with van der Waals surface area (Å²) in [5.41, 5.74) is -0.912. The molecule has 0 aromatic heterocycles. The first-order valence-electron chi connectivity index (χ1n) is 6.63. The number of rotatable bonds is 5. The van der Waals surface area contributed by atoms with Crippen molar-refractivity contribution < 1.29 is 23.8 Å². The molecule has 1 aromatic rings. The summed E-state index contributed by atoms with van der Waals surface area (Å²) in [7, 11) is 0. The van der Waals surface area contributed by atoms with Gasteiger partial charge in [0.25, 0.3) is 5.91 Å². The lowest BCUT2D eigenvalue weighted by Crippen LogP contribution is -2.47. The monoisotopic (exact) mass is 361 g/mol. The fourth-order valence-electron chi connectivity index (χ4n) is 1.98. The van der Waals surface area contributed by atoms with Crippen LogP contribution < -0.4 is 10.1 Å². The molecule has 1 heterocycles. The highest BCUT2D eigenvalue weighted by Crippen LogP contribution is 2.25. The molecule has 1 saturated heterocycles. The molecule has 1 fully saturated rings. The summed E-state index contributed by atoms with van der Waals surface area (Å²) < 4.78 is 23.8. The Morgan fingerprint density at radius 1 is 1.48 bits per heavy atom. The van der Waals surface area contributed by atoms with Crippen molar-refractivity contribution in [2.24, 2.45) is 0 Å². The number of aliphatic hydroxyl groups is 1. The van der Waals surface area contributed by atoms with E-state index < -0.39 is 5.60 Å². The summed E-state index contributed by atoms with van der Waals surface area (Å²) in [6.07, 6.45) is 0.995. The predicted octanol–water partition coefficient (Wildman–Crippen LogP) is 1.62. The van der Waals surface area contributed by atoms with Crippen LogP contribution in [0.1, 0.15) is 12.8 Å². The van der Waals surface area contributed by atoms with Gasteiger partial charge >= 0.3 is 0 Å². The minimum atomic E-state index is -0.912. The van der Waals surface area contributed by atoms with Crippen LogP contribution in [0, 0.1) is 5.82 Å². The van der Waals surface area contributed by atoms with Crippen LogP contribution in [0.5, 0.6) is 5.75 Å². The molecule has 1 aliphatic rings. The molecule has 0 atom stereocenters. The molecule has 7 heteroatoms. The van der Waals surface area contributed by atoms with Crippen molar-refractivity contribution in [3.05, 3.63) is 28.5 Å². The van der Waals surface area contributed by atoms with E-state index in [1.165, 1.54) is 18.2 Å². The van der Waals surface area contributed by atoms with Crippen LogP contribution in [-0.2, 0) is 9.53 Å². The summed E-state index contributed by atoms with van der Waals surface area (Å²) in [5, 5.41) is 12.8. The van der Waals surface area contributed by atoms with Gasteiger partial charge in [-0.2, -0.15) is 0 Å². The molecule has 1 aromatic carbocycles. The maximum Gasteiger partial charge on any atom is 0.258 e. The second-order valence-electron chi connectivity index (χ2n) is 4.98. The topological polar surface area (TPSA) is 67.8 Å². The van der Waals surface area contributed by atoms with Crippen LogP contribution in [0.15, 0.2) is 22.7 Å². The van der Waals surface area contributed by atoms with E-state index in [0.29, 0.717) is 36.3 Å². The Bertz CT molecular complexity index is 506. The largest absolute Gasteiger partial charge is 0.483 e. The van der Waals surface area contributed by atoms with Crippen LogP contribution in [0.4, 0.5) is 4.39 Å². The zero-order valence-corrected chi connectivity index (χ0v) is 13.0. The van der Waals surface area contributed by atoms with Gasteiger partial charge in [0, 0.05) is 32.6 Å². The molecule has 1 amide bonds. The van der Waals surface area contributed by atoms with Crippen molar-refractivity contribution in [2.45, 2.75) is 18.4 Å². The standard InChI is InChI=1S/C14H17BrFNO4/c15-11-7-10(16)1-2-12(11)21-8-13(18)17-9-14(19)3-5-20-6-4-14/h1-2,7,19H,3-6,8-9H2,(H,17,18). The predicted molar refractivity (Wildman–Crippen MR) is 77.6 cm³/mol. The molecule has 0 saturated carbocycles. The first kappa shape index (κ1) is 16.2. The van der Waals surface area contributed by atoms with Gasteiger partial charge in [0.1, 0.15) is 11.6 Å². The maximum absolute atomic E-state index is 12.9. The number of benzene rings is 1. The molecule has 1 aliphatic heterocycles. The van der Waals surface area contributed by atoms with E-state index in [2.05, 4.69) is 21.2 Å². The van der Waals surface area contributed by atoms with Crippen LogP contribution in [0.25, 0.3) is 0 Å². The summed E-state index contributed by atoms with van der Waals surface area (Å²) in [6.45, 7) is 0.955. The fourth-order valence-corrected chi connectivity index (χ4v) is 2.44. The maximum atomic E-state index is 12.9. The average molecular weight is 362 g/mol. The lowest BCUT2D eigenvalue weighted by atomic mass is 9.94. The van der Waals surface area contributed by atoms with Gasteiger partial charge in [0.05, 0.1) is 10.1 Å². The van der Waals surface area contributed by atoms with E-state index in [1.54, 1.807) is 0 Å². The minimum absolute atomic E-state index is 0.170. The Labute approximate surface area is 130 Å². The third-order valence-electron chi connectivity index (χ3n) is 3.29. The van der Waals surface area contributed by atoms with Gasteiger partial charge in [-0.25, -0.2) is 4.39 Å². The molecule has 0 aliphatic carbocycles. The number of hydrogen-bond donors (Lipinski definition) is 2. The molecular formula is C14H17BrFNO4. The second kappa shape index (κ2) is 7.20. The first-order chi connectivity index (χ1) is 9.98. The zero-order chi connectivity index (χ0) is 15.3. The Balaban J connectivity index is 1.77. The number of nitrogens with one attached hydrogen (secondary N) is 1. The summed E-state index contributed by atoms with van der Waals surface area (Å²) in [5.74, 6) is -0.345. The average Bonchev–Trinajstić information content (AvgIpc) is 2.45. The van der Waals surface area contributed by atoms with Crippen molar-refractivity contribution >= 4 is 21.8 Å². The first-order valence-corrected chi connectivity index (χ1v) is 7.42. The van der Waals surface area contributed by atoms with Gasteiger partial charge in [-0.3, -0.25) is 4.79 Å². The summed E-state index contributed by atoms with van der Waals surface area (Å²) >= 11 is 3.16. The Kier molecular flexibility index (Phi) is 5.55. The SMILES string of the molecule is O=C(COc1ccc(F)cc1Br)NCC1(O)CCOCC1. The summed E-state index contributed by atoms with van der Waals surface area (Å²) in [6, 6.07) is 3.96. The quantitative estimate of drug-likeness (QED) is 0.836. The molecule has 0 spiro atoms. The van der Waals surface area contributed by atoms with E-state index >= 15 is 0 Å². The highest BCUT2D eigenvalue weighted by molar-refractivity contribution is 9.10. The van der Waals surface area contributed by atoms with E-state index in [4.69, 9.17) is 9.47 Å². The molecular weight excluding hydrogens is 345 g/mol. The van der Waals surface area contributed by atoms with Gasteiger partial charge < -0.3 is 19.9 Å². The number of carbonyl (C=O) groups is 1. The molecule has 5 nitrogen and oxygen atoms in total. The van der Waals surface area contributed by atoms with Gasteiger partial charge in [-0.1, -0.05) is 0 Å². The van der Waals surface area contributed by atoms with Crippen molar-refractivity contribution in [2.75, 3.05) is 26.4 Å². The smallest absolute Gasteiger partial charge is 0.258 e. The summed E-state index contributed by atoms with van der Waals surface area (Å²) in [4.78, 5) is 11.7. The van der Waals surface area contributed by atoms with Crippen molar-refractivity contribution in [1.29, 1.82) is 0 Å². The van der Waals surface area contributed by atoms with E-state index in [0.717, 1.165) is 0 Å². The molecule has 116 valence electrons. The molecule has 0 bridgehead atoms. The lowest BCUT2D eigenvalue weighted by Gasteiger charge is -2.32. The lowest BCUT2D eigenvalue weighted by molar-refractivity contribution is -0.125. The van der Waals surface area contributed by atoms with Gasteiger partial charge in [0.2, 0.25) is 0 Å². The number of amides is 1. The highest BCUT2D eigenvalue weighted by atomic mass is 79.9. The fraction of sp³-hybridized carbons (Fsp3) is 0.500. The van der Waals surface area contributed by atoms with E-state index in [9.17, 15) is 14.3 Å². The van der Waals surface area contributed by atoms with Crippen molar-refractivity contribution in [3.63, 3.8) is 0 Å². The Morgan fingerprint density at radius 2 is 2.19 bits per heavy atom. The highest BCUT2D eigenvalue weighted by Gasteiger charge is 2.30. The van der Waals surface area contributed by atoms with Crippen molar-refractivity contribution in [1.82, 2.24) is 5.32 Å². The molecule has 0 radical (unpaired) electrons. The van der Waals surface area contributed by atoms with Crippen LogP contribution >= 0.6 is 15.9 Å². The van der Waals surface area contributed by atoms with Crippen LogP contribution in [0.3, 0.4) is 0 Å². The zero-order valence-electron chi connectivity index (χ0n) is 11.4. The minimum Gasteiger partial charge on any atom is -0.483 e. The van der Waals surface area contributed by atoms with Gasteiger partial charge in [-0.15, -0.1) is 0 Å². The third-order valence-corrected chi connectivity index (χ3v) is 3.91. The van der Waals surface area contributed by atoms with E-state index in [-0.39, 0.29) is 24.9 Å². The number of ether oxygens (including phenoxy) is 2. The Hall–Kier alpha value is -1.18. The normalized spacial score (nSPS) is 17.3. The van der Waals surface area contributed by atoms with Gasteiger partial charge in [0.15, 0.2) is 6.61 Å². The molecule has 0 unspecified atom stereocenters. The van der Waals surface area contributed by atoms with Crippen LogP contribution in [-0.4, -0.2) is 43.0 Å². The molecule has 2 rings (SSSR count). The second-order valence-corrected chi connectivity index (χ2v) is 5.83. The molecule has 21 heavy (non-hydrogen) atoms. The number of hydrogen-bond acceptors (Lipinski definition) is 4.